The number of carbonyl (C=O) groups is 2. The van der Waals surface area contributed by atoms with Gasteiger partial charge in [-0.15, -0.1) is 0 Å². The fraction of sp³-hybridized carbons (Fsp3) is 0.571. The Morgan fingerprint density at radius 2 is 1.89 bits per heavy atom. The molecular formula is C14H21NO4. The Hall–Kier alpha value is -1.78. The highest BCUT2D eigenvalue weighted by Gasteiger charge is 2.21. The van der Waals surface area contributed by atoms with E-state index in [1.54, 1.807) is 13.8 Å². The van der Waals surface area contributed by atoms with E-state index in [1.807, 2.05) is 13.8 Å². The molecule has 1 rings (SSSR count). The fourth-order valence-electron chi connectivity index (χ4n) is 2.09. The number of hydrogen-bond acceptors (Lipinski definition) is 3. The van der Waals surface area contributed by atoms with Crippen LogP contribution < -0.4 is 5.32 Å². The topological polar surface area (TPSA) is 79.5 Å². The molecule has 5 heteroatoms. The van der Waals surface area contributed by atoms with Crippen molar-refractivity contribution in [1.82, 2.24) is 5.32 Å². The molecule has 0 bridgehead atoms. The molecule has 0 aliphatic heterocycles. The van der Waals surface area contributed by atoms with Gasteiger partial charge >= 0.3 is 5.97 Å². The number of aryl methyl sites for hydroxylation is 2. The number of nitrogens with one attached hydrogen (secondary N) is 1. The minimum absolute atomic E-state index is 0.144. The van der Waals surface area contributed by atoms with Crippen LogP contribution in [0.25, 0.3) is 0 Å². The van der Waals surface area contributed by atoms with Crippen molar-refractivity contribution >= 4 is 11.9 Å². The lowest BCUT2D eigenvalue weighted by Crippen LogP contribution is -2.33. The number of amides is 1. The summed E-state index contributed by atoms with van der Waals surface area (Å²) in [6.07, 6.45) is 1.33. The van der Waals surface area contributed by atoms with Gasteiger partial charge in [0.2, 0.25) is 0 Å². The Morgan fingerprint density at radius 3 is 2.32 bits per heavy atom. The second-order valence-electron chi connectivity index (χ2n) is 4.75. The zero-order valence-corrected chi connectivity index (χ0v) is 11.9. The Labute approximate surface area is 113 Å². The quantitative estimate of drug-likeness (QED) is 0.829. The second kappa shape index (κ2) is 6.41. The molecule has 19 heavy (non-hydrogen) atoms. The lowest BCUT2D eigenvalue weighted by atomic mass is 10.0. The molecule has 1 heterocycles. The molecule has 1 amide bonds. The monoisotopic (exact) mass is 267 g/mol. The summed E-state index contributed by atoms with van der Waals surface area (Å²) < 4.78 is 5.39. The van der Waals surface area contributed by atoms with Crippen LogP contribution in [0.15, 0.2) is 4.42 Å². The summed E-state index contributed by atoms with van der Waals surface area (Å²) >= 11 is 0. The maximum atomic E-state index is 12.1. The van der Waals surface area contributed by atoms with Gasteiger partial charge in [0.15, 0.2) is 0 Å². The van der Waals surface area contributed by atoms with E-state index < -0.39 is 11.9 Å². The number of hydrogen-bond donors (Lipinski definition) is 2. The molecule has 0 aromatic carbocycles. The van der Waals surface area contributed by atoms with E-state index in [0.717, 1.165) is 12.0 Å². The normalized spacial score (nSPS) is 12.2. The summed E-state index contributed by atoms with van der Waals surface area (Å²) in [7, 11) is 0. The van der Waals surface area contributed by atoms with Gasteiger partial charge in [0.05, 0.1) is 11.5 Å². The first-order chi connectivity index (χ1) is 8.88. The van der Waals surface area contributed by atoms with Gasteiger partial charge in [-0.2, -0.15) is 0 Å². The molecule has 0 saturated carbocycles. The Morgan fingerprint density at radius 1 is 1.26 bits per heavy atom. The summed E-state index contributed by atoms with van der Waals surface area (Å²) in [4.78, 5) is 23.1. The highest BCUT2D eigenvalue weighted by Crippen LogP contribution is 2.20. The predicted octanol–water partition coefficient (Wildman–Crippen LogP) is 2.44. The number of carboxylic acid groups (broad SMARTS) is 1. The van der Waals surface area contributed by atoms with Crippen molar-refractivity contribution in [2.45, 2.75) is 40.5 Å². The highest BCUT2D eigenvalue weighted by atomic mass is 16.4. The van der Waals surface area contributed by atoms with Gasteiger partial charge in [0.25, 0.3) is 5.91 Å². The summed E-state index contributed by atoms with van der Waals surface area (Å²) in [5, 5.41) is 11.7. The SMILES string of the molecule is CCCC(CNC(=O)c1c(C)oc(C)c1C)C(=O)O. The lowest BCUT2D eigenvalue weighted by molar-refractivity contribution is -0.141. The average Bonchev–Trinajstić information content (AvgIpc) is 2.58. The molecule has 0 fully saturated rings. The van der Waals surface area contributed by atoms with Crippen LogP contribution in [0, 0.1) is 26.7 Å². The van der Waals surface area contributed by atoms with E-state index in [9.17, 15) is 9.59 Å². The number of carboxylic acids is 1. The largest absolute Gasteiger partial charge is 0.481 e. The van der Waals surface area contributed by atoms with E-state index >= 15 is 0 Å². The Balaban J connectivity index is 2.72. The first kappa shape index (κ1) is 15.3. The van der Waals surface area contributed by atoms with Gasteiger partial charge in [-0.25, -0.2) is 0 Å². The molecule has 0 saturated heterocycles. The van der Waals surface area contributed by atoms with Gasteiger partial charge < -0.3 is 14.8 Å². The zero-order chi connectivity index (χ0) is 14.6. The van der Waals surface area contributed by atoms with Crippen LogP contribution in [0.4, 0.5) is 0 Å². The maximum absolute atomic E-state index is 12.1. The first-order valence-electron chi connectivity index (χ1n) is 6.46. The minimum atomic E-state index is -0.876. The summed E-state index contributed by atoms with van der Waals surface area (Å²) in [5.41, 5.74) is 1.32. The number of carbonyl (C=O) groups excluding carboxylic acids is 1. The number of aliphatic carboxylic acids is 1. The molecule has 1 unspecified atom stereocenters. The van der Waals surface area contributed by atoms with Crippen LogP contribution in [0.5, 0.6) is 0 Å². The average molecular weight is 267 g/mol. The van der Waals surface area contributed by atoms with Crippen LogP contribution >= 0.6 is 0 Å². The third kappa shape index (κ3) is 3.59. The smallest absolute Gasteiger partial charge is 0.308 e. The highest BCUT2D eigenvalue weighted by molar-refractivity contribution is 5.97. The van der Waals surface area contributed by atoms with E-state index in [-0.39, 0.29) is 12.5 Å². The van der Waals surface area contributed by atoms with Gasteiger partial charge in [-0.05, 0) is 27.2 Å². The first-order valence-corrected chi connectivity index (χ1v) is 6.46. The maximum Gasteiger partial charge on any atom is 0.308 e. The third-order valence-electron chi connectivity index (χ3n) is 3.28. The summed E-state index contributed by atoms with van der Waals surface area (Å²) in [6, 6.07) is 0. The number of rotatable bonds is 6. The molecule has 1 aromatic rings. The molecule has 106 valence electrons. The molecule has 0 spiro atoms. The van der Waals surface area contributed by atoms with E-state index in [4.69, 9.17) is 9.52 Å². The van der Waals surface area contributed by atoms with Gasteiger partial charge in [-0.3, -0.25) is 9.59 Å². The lowest BCUT2D eigenvalue weighted by Gasteiger charge is -2.12. The molecule has 0 radical (unpaired) electrons. The summed E-state index contributed by atoms with van der Waals surface area (Å²) in [5.74, 6) is -0.406. The van der Waals surface area contributed by atoms with Crippen LogP contribution in [0.3, 0.4) is 0 Å². The van der Waals surface area contributed by atoms with Crippen molar-refractivity contribution in [2.24, 2.45) is 5.92 Å². The predicted molar refractivity (Wildman–Crippen MR) is 71.3 cm³/mol. The molecule has 5 nitrogen and oxygen atoms in total. The van der Waals surface area contributed by atoms with Gasteiger partial charge in [0, 0.05) is 12.1 Å². The van der Waals surface area contributed by atoms with E-state index in [1.165, 1.54) is 0 Å². The van der Waals surface area contributed by atoms with Crippen molar-refractivity contribution in [3.8, 4) is 0 Å². The van der Waals surface area contributed by atoms with Crippen LogP contribution in [-0.2, 0) is 4.79 Å². The Bertz CT molecular complexity index is 476. The van der Waals surface area contributed by atoms with E-state index in [2.05, 4.69) is 5.32 Å². The van der Waals surface area contributed by atoms with Crippen molar-refractivity contribution in [1.29, 1.82) is 0 Å². The van der Waals surface area contributed by atoms with E-state index in [0.29, 0.717) is 23.5 Å². The van der Waals surface area contributed by atoms with Gasteiger partial charge in [-0.1, -0.05) is 13.3 Å². The number of furan rings is 1. The molecule has 0 aliphatic rings. The molecule has 2 N–H and O–H groups in total. The molecular weight excluding hydrogens is 246 g/mol. The molecule has 0 aliphatic carbocycles. The summed E-state index contributed by atoms with van der Waals surface area (Å²) in [6.45, 7) is 7.42. The van der Waals surface area contributed by atoms with Crippen molar-refractivity contribution < 1.29 is 19.1 Å². The van der Waals surface area contributed by atoms with Crippen molar-refractivity contribution in [2.75, 3.05) is 6.54 Å². The molecule has 1 atom stereocenters. The van der Waals surface area contributed by atoms with Crippen LogP contribution in [0.1, 0.15) is 47.2 Å². The van der Waals surface area contributed by atoms with Crippen LogP contribution in [0.2, 0.25) is 0 Å². The third-order valence-corrected chi connectivity index (χ3v) is 3.28. The zero-order valence-electron chi connectivity index (χ0n) is 11.9. The van der Waals surface area contributed by atoms with Crippen molar-refractivity contribution in [3.63, 3.8) is 0 Å². The van der Waals surface area contributed by atoms with Gasteiger partial charge in [0.1, 0.15) is 11.5 Å². The molecule has 1 aromatic heterocycles. The fourth-order valence-corrected chi connectivity index (χ4v) is 2.09. The second-order valence-corrected chi connectivity index (χ2v) is 4.75. The standard InChI is InChI=1S/C14H21NO4/c1-5-6-11(14(17)18)7-15-13(16)12-8(2)9(3)19-10(12)4/h11H,5-7H2,1-4H3,(H,15,16)(H,17,18). The minimum Gasteiger partial charge on any atom is -0.481 e. The Kier molecular flexibility index (Phi) is 5.15. The van der Waals surface area contributed by atoms with Crippen molar-refractivity contribution in [3.05, 3.63) is 22.6 Å². The van der Waals surface area contributed by atoms with Crippen LogP contribution in [-0.4, -0.2) is 23.5 Å².